The molecule has 1 aromatic carbocycles. The van der Waals surface area contributed by atoms with Crippen LogP contribution in [0.4, 0.5) is 4.79 Å². The highest BCUT2D eigenvalue weighted by atomic mass is 16.5. The van der Waals surface area contributed by atoms with Crippen molar-refractivity contribution in [2.75, 3.05) is 7.11 Å². The molecule has 108 valence electrons. The molecule has 0 aliphatic heterocycles. The Bertz CT molecular complexity index is 489. The fourth-order valence-electron chi connectivity index (χ4n) is 1.47. The predicted octanol–water partition coefficient (Wildman–Crippen LogP) is 0.673. The third-order valence-electron chi connectivity index (χ3n) is 2.56. The predicted molar refractivity (Wildman–Crippen MR) is 70.0 cm³/mol. The molecule has 0 bridgehead atoms. The molecule has 3 N–H and O–H groups in total. The molecule has 2 amide bonds. The maximum atomic E-state index is 11.7. The zero-order chi connectivity index (χ0) is 15.1. The van der Waals surface area contributed by atoms with Crippen molar-refractivity contribution < 1.29 is 24.2 Å². The largest absolute Gasteiger partial charge is 0.480 e. The highest BCUT2D eigenvalue weighted by Gasteiger charge is 2.24. The van der Waals surface area contributed by atoms with Gasteiger partial charge in [-0.05, 0) is 12.5 Å². The van der Waals surface area contributed by atoms with E-state index in [1.54, 1.807) is 30.3 Å². The van der Waals surface area contributed by atoms with Crippen LogP contribution in [0.2, 0.25) is 0 Å². The van der Waals surface area contributed by atoms with Gasteiger partial charge < -0.3 is 20.5 Å². The van der Waals surface area contributed by atoms with E-state index in [9.17, 15) is 14.4 Å². The molecule has 7 nitrogen and oxygen atoms in total. The van der Waals surface area contributed by atoms with Gasteiger partial charge in [-0.25, -0.2) is 9.59 Å². The van der Waals surface area contributed by atoms with Gasteiger partial charge in [0.2, 0.25) is 0 Å². The Morgan fingerprint density at radius 3 is 2.25 bits per heavy atom. The van der Waals surface area contributed by atoms with Crippen molar-refractivity contribution in [2.45, 2.75) is 19.0 Å². The van der Waals surface area contributed by atoms with Crippen LogP contribution in [0.15, 0.2) is 30.3 Å². The number of hydrogen-bond acceptors (Lipinski definition) is 4. The summed E-state index contributed by atoms with van der Waals surface area (Å²) in [5, 5.41) is 13.3. The van der Waals surface area contributed by atoms with Gasteiger partial charge in [-0.3, -0.25) is 4.79 Å². The smallest absolute Gasteiger partial charge is 0.333 e. The SMILES string of the molecule is COC(=O)C(NC(=O)N[C@@H](C)C(=O)O)c1ccccc1. The fourth-order valence-corrected chi connectivity index (χ4v) is 1.47. The number of esters is 1. The van der Waals surface area contributed by atoms with Crippen LogP contribution < -0.4 is 10.6 Å². The molecule has 0 saturated heterocycles. The number of benzene rings is 1. The molecule has 0 saturated carbocycles. The molecular weight excluding hydrogens is 264 g/mol. The molecule has 20 heavy (non-hydrogen) atoms. The molecule has 1 rings (SSSR count). The van der Waals surface area contributed by atoms with Crippen LogP contribution >= 0.6 is 0 Å². The summed E-state index contributed by atoms with van der Waals surface area (Å²) >= 11 is 0. The second-order valence-electron chi connectivity index (χ2n) is 4.04. The van der Waals surface area contributed by atoms with Crippen LogP contribution in [0, 0.1) is 0 Å². The Morgan fingerprint density at radius 1 is 1.15 bits per heavy atom. The lowest BCUT2D eigenvalue weighted by atomic mass is 10.1. The monoisotopic (exact) mass is 280 g/mol. The minimum Gasteiger partial charge on any atom is -0.480 e. The highest BCUT2D eigenvalue weighted by molar-refractivity contribution is 5.87. The standard InChI is InChI=1S/C13H16N2O5/c1-8(11(16)17)14-13(19)15-10(12(18)20-2)9-6-4-3-5-7-9/h3-8,10H,1-2H3,(H,16,17)(H2,14,15,19)/t8-,10?/m0/s1. The molecule has 0 aliphatic rings. The Hall–Kier alpha value is -2.57. The molecule has 0 aliphatic carbocycles. The van der Waals surface area contributed by atoms with E-state index in [2.05, 4.69) is 15.4 Å². The molecule has 0 aromatic heterocycles. The van der Waals surface area contributed by atoms with Crippen LogP contribution in [0.3, 0.4) is 0 Å². The minimum atomic E-state index is -1.17. The maximum Gasteiger partial charge on any atom is 0.333 e. The lowest BCUT2D eigenvalue weighted by Crippen LogP contribution is -2.47. The zero-order valence-corrected chi connectivity index (χ0v) is 11.1. The number of carboxylic acid groups (broad SMARTS) is 1. The van der Waals surface area contributed by atoms with Crippen molar-refractivity contribution in [3.05, 3.63) is 35.9 Å². The number of hydrogen-bond donors (Lipinski definition) is 3. The number of carboxylic acids is 1. The van der Waals surface area contributed by atoms with Gasteiger partial charge in [0.15, 0.2) is 6.04 Å². The Balaban J connectivity index is 2.79. The summed E-state index contributed by atoms with van der Waals surface area (Å²) in [6.07, 6.45) is 0. The van der Waals surface area contributed by atoms with Crippen LogP contribution in [0.1, 0.15) is 18.5 Å². The number of urea groups is 1. The van der Waals surface area contributed by atoms with Crippen LogP contribution in [0.5, 0.6) is 0 Å². The van der Waals surface area contributed by atoms with Crippen molar-refractivity contribution in [3.8, 4) is 0 Å². The first-order valence-corrected chi connectivity index (χ1v) is 5.88. The van der Waals surface area contributed by atoms with Gasteiger partial charge in [0.25, 0.3) is 0 Å². The normalized spacial score (nSPS) is 12.9. The first-order valence-electron chi connectivity index (χ1n) is 5.88. The maximum absolute atomic E-state index is 11.7. The second kappa shape index (κ2) is 7.13. The van der Waals surface area contributed by atoms with Gasteiger partial charge in [-0.15, -0.1) is 0 Å². The number of nitrogens with one attached hydrogen (secondary N) is 2. The zero-order valence-electron chi connectivity index (χ0n) is 11.1. The number of rotatable bonds is 5. The number of carbonyl (C=O) groups excluding carboxylic acids is 2. The molecular formula is C13H16N2O5. The second-order valence-corrected chi connectivity index (χ2v) is 4.04. The Labute approximate surface area is 115 Å². The van der Waals surface area contributed by atoms with E-state index >= 15 is 0 Å². The highest BCUT2D eigenvalue weighted by Crippen LogP contribution is 2.13. The van der Waals surface area contributed by atoms with Crippen molar-refractivity contribution in [2.24, 2.45) is 0 Å². The molecule has 2 atom stereocenters. The Kier molecular flexibility index (Phi) is 5.52. The van der Waals surface area contributed by atoms with Crippen molar-refractivity contribution in [1.29, 1.82) is 0 Å². The van der Waals surface area contributed by atoms with Crippen molar-refractivity contribution >= 4 is 18.0 Å². The average molecular weight is 280 g/mol. The summed E-state index contributed by atoms with van der Waals surface area (Å²) in [5.74, 6) is -1.82. The number of amides is 2. The van der Waals surface area contributed by atoms with Gasteiger partial charge in [0.1, 0.15) is 6.04 Å². The lowest BCUT2D eigenvalue weighted by molar-refractivity contribution is -0.143. The molecule has 0 radical (unpaired) electrons. The summed E-state index contributed by atoms with van der Waals surface area (Å²) in [4.78, 5) is 34.0. The van der Waals surface area contributed by atoms with Crippen LogP contribution in [-0.4, -0.2) is 36.2 Å². The fraction of sp³-hybridized carbons (Fsp3) is 0.308. The van der Waals surface area contributed by atoms with E-state index in [1.165, 1.54) is 14.0 Å². The molecule has 0 heterocycles. The van der Waals surface area contributed by atoms with Crippen molar-refractivity contribution in [1.82, 2.24) is 10.6 Å². The quantitative estimate of drug-likeness (QED) is 0.688. The van der Waals surface area contributed by atoms with E-state index in [0.29, 0.717) is 5.56 Å². The van der Waals surface area contributed by atoms with E-state index < -0.39 is 30.1 Å². The molecule has 1 unspecified atom stereocenters. The number of carbonyl (C=O) groups is 3. The first-order chi connectivity index (χ1) is 9.45. The summed E-state index contributed by atoms with van der Waals surface area (Å²) in [5.41, 5.74) is 0.539. The number of methoxy groups -OCH3 is 1. The van der Waals surface area contributed by atoms with Gasteiger partial charge in [-0.2, -0.15) is 0 Å². The summed E-state index contributed by atoms with van der Waals surface area (Å²) in [7, 11) is 1.21. The van der Waals surface area contributed by atoms with Crippen LogP contribution in [-0.2, 0) is 14.3 Å². The third-order valence-corrected chi connectivity index (χ3v) is 2.56. The topological polar surface area (TPSA) is 105 Å². The van der Waals surface area contributed by atoms with E-state index in [-0.39, 0.29) is 0 Å². The van der Waals surface area contributed by atoms with Gasteiger partial charge in [0, 0.05) is 0 Å². The van der Waals surface area contributed by atoms with E-state index in [0.717, 1.165) is 0 Å². The molecule has 1 aromatic rings. The van der Waals surface area contributed by atoms with E-state index in [1.807, 2.05) is 0 Å². The van der Waals surface area contributed by atoms with Crippen molar-refractivity contribution in [3.63, 3.8) is 0 Å². The van der Waals surface area contributed by atoms with Crippen LogP contribution in [0.25, 0.3) is 0 Å². The molecule has 7 heteroatoms. The average Bonchev–Trinajstić information content (AvgIpc) is 2.44. The molecule has 0 fully saturated rings. The summed E-state index contributed by atoms with van der Waals surface area (Å²) in [6.45, 7) is 1.32. The first kappa shape index (κ1) is 15.5. The minimum absolute atomic E-state index is 0.539. The summed E-state index contributed by atoms with van der Waals surface area (Å²) < 4.78 is 4.62. The number of aliphatic carboxylic acids is 1. The van der Waals surface area contributed by atoms with Gasteiger partial charge >= 0.3 is 18.0 Å². The number of ether oxygens (including phenoxy) is 1. The molecule has 0 spiro atoms. The Morgan fingerprint density at radius 2 is 1.75 bits per heavy atom. The van der Waals surface area contributed by atoms with Gasteiger partial charge in [-0.1, -0.05) is 30.3 Å². The summed E-state index contributed by atoms with van der Waals surface area (Å²) in [6, 6.07) is 5.68. The van der Waals surface area contributed by atoms with Gasteiger partial charge in [0.05, 0.1) is 7.11 Å². The van der Waals surface area contributed by atoms with E-state index in [4.69, 9.17) is 5.11 Å². The lowest BCUT2D eigenvalue weighted by Gasteiger charge is -2.18. The third kappa shape index (κ3) is 4.27.